The summed E-state index contributed by atoms with van der Waals surface area (Å²) in [5.41, 5.74) is 0. The Balaban J connectivity index is 1.65. The summed E-state index contributed by atoms with van der Waals surface area (Å²) in [4.78, 5) is 0. The van der Waals surface area contributed by atoms with Crippen molar-refractivity contribution < 1.29 is 19.3 Å². The van der Waals surface area contributed by atoms with Crippen LogP contribution in [0.4, 0.5) is 0 Å². The predicted octanol–water partition coefficient (Wildman–Crippen LogP) is 0.813. The van der Waals surface area contributed by atoms with Crippen LogP contribution >= 0.6 is 0 Å². The molecule has 1 aromatic carbocycles. The summed E-state index contributed by atoms with van der Waals surface area (Å²) >= 11 is 0. The zero-order chi connectivity index (χ0) is 13.5. The van der Waals surface area contributed by atoms with Crippen molar-refractivity contribution in [3.05, 3.63) is 24.3 Å². The molecule has 0 amide bonds. The third-order valence-corrected chi connectivity index (χ3v) is 3.07. The van der Waals surface area contributed by atoms with E-state index < -0.39 is 6.10 Å². The van der Waals surface area contributed by atoms with E-state index in [1.165, 1.54) is 0 Å². The minimum atomic E-state index is -0.525. The Morgan fingerprint density at radius 1 is 1.37 bits per heavy atom. The van der Waals surface area contributed by atoms with Gasteiger partial charge in [0, 0.05) is 19.2 Å². The number of hydrogen-bond acceptors (Lipinski definition) is 5. The van der Waals surface area contributed by atoms with Crippen molar-refractivity contribution in [2.75, 3.05) is 33.5 Å². The fourth-order valence-corrected chi connectivity index (χ4v) is 1.92. The molecule has 2 atom stereocenters. The molecule has 0 radical (unpaired) electrons. The van der Waals surface area contributed by atoms with E-state index in [1.54, 1.807) is 7.11 Å². The summed E-state index contributed by atoms with van der Waals surface area (Å²) in [6, 6.07) is 7.66. The van der Waals surface area contributed by atoms with E-state index in [9.17, 15) is 5.11 Å². The molecule has 1 saturated heterocycles. The van der Waals surface area contributed by atoms with Crippen LogP contribution in [-0.2, 0) is 4.74 Å². The quantitative estimate of drug-likeness (QED) is 0.765. The van der Waals surface area contributed by atoms with Gasteiger partial charge in [-0.2, -0.15) is 0 Å². The monoisotopic (exact) mass is 267 g/mol. The Kier molecular flexibility index (Phi) is 5.44. The van der Waals surface area contributed by atoms with Crippen molar-refractivity contribution in [2.24, 2.45) is 0 Å². The molecule has 0 saturated carbocycles. The number of hydrogen-bond donors (Lipinski definition) is 2. The van der Waals surface area contributed by atoms with E-state index in [0.717, 1.165) is 31.1 Å². The SMILES string of the molecule is COc1ccc(OCC(O)CNC2CCOC2)cc1. The van der Waals surface area contributed by atoms with Gasteiger partial charge in [0.1, 0.15) is 24.2 Å². The number of ether oxygens (including phenoxy) is 3. The van der Waals surface area contributed by atoms with Gasteiger partial charge in [0.2, 0.25) is 0 Å². The molecule has 1 heterocycles. The predicted molar refractivity (Wildman–Crippen MR) is 71.7 cm³/mol. The van der Waals surface area contributed by atoms with Crippen molar-refractivity contribution in [2.45, 2.75) is 18.6 Å². The lowest BCUT2D eigenvalue weighted by Gasteiger charge is -2.16. The lowest BCUT2D eigenvalue weighted by atomic mass is 10.2. The van der Waals surface area contributed by atoms with Crippen LogP contribution in [0.1, 0.15) is 6.42 Å². The van der Waals surface area contributed by atoms with Crippen LogP contribution in [0.2, 0.25) is 0 Å². The molecular weight excluding hydrogens is 246 g/mol. The molecule has 106 valence electrons. The first-order valence-electron chi connectivity index (χ1n) is 6.54. The maximum atomic E-state index is 9.82. The van der Waals surface area contributed by atoms with Crippen LogP contribution in [-0.4, -0.2) is 50.7 Å². The summed E-state index contributed by atoms with van der Waals surface area (Å²) < 4.78 is 15.8. The van der Waals surface area contributed by atoms with Crippen molar-refractivity contribution in [1.29, 1.82) is 0 Å². The van der Waals surface area contributed by atoms with Gasteiger partial charge in [0.25, 0.3) is 0 Å². The first-order valence-corrected chi connectivity index (χ1v) is 6.54. The van der Waals surface area contributed by atoms with Gasteiger partial charge < -0.3 is 24.6 Å². The van der Waals surface area contributed by atoms with Crippen molar-refractivity contribution >= 4 is 0 Å². The third-order valence-electron chi connectivity index (χ3n) is 3.07. The van der Waals surface area contributed by atoms with E-state index in [0.29, 0.717) is 12.6 Å². The van der Waals surface area contributed by atoms with Crippen molar-refractivity contribution in [1.82, 2.24) is 5.32 Å². The highest BCUT2D eigenvalue weighted by Crippen LogP contribution is 2.17. The molecule has 1 aromatic rings. The Labute approximate surface area is 113 Å². The molecule has 1 aliphatic rings. The second-order valence-electron chi connectivity index (χ2n) is 4.61. The average molecular weight is 267 g/mol. The minimum Gasteiger partial charge on any atom is -0.497 e. The maximum absolute atomic E-state index is 9.82. The average Bonchev–Trinajstić information content (AvgIpc) is 2.96. The normalized spacial score (nSPS) is 20.2. The van der Waals surface area contributed by atoms with E-state index in [-0.39, 0.29) is 6.61 Å². The summed E-state index contributed by atoms with van der Waals surface area (Å²) in [6.45, 7) is 2.32. The van der Waals surface area contributed by atoms with E-state index in [1.807, 2.05) is 24.3 Å². The molecule has 0 aliphatic carbocycles. The number of aliphatic hydroxyl groups excluding tert-OH is 1. The summed E-state index contributed by atoms with van der Waals surface area (Å²) in [6.07, 6.45) is 0.481. The van der Waals surface area contributed by atoms with Gasteiger partial charge in [-0.25, -0.2) is 0 Å². The molecule has 5 heteroatoms. The van der Waals surface area contributed by atoms with E-state index in [2.05, 4.69) is 5.32 Å². The lowest BCUT2D eigenvalue weighted by Crippen LogP contribution is -2.38. The largest absolute Gasteiger partial charge is 0.497 e. The highest BCUT2D eigenvalue weighted by Gasteiger charge is 2.16. The molecule has 2 unspecified atom stereocenters. The summed E-state index contributed by atoms with van der Waals surface area (Å²) in [5, 5.41) is 13.1. The summed E-state index contributed by atoms with van der Waals surface area (Å²) in [5.74, 6) is 1.51. The van der Waals surface area contributed by atoms with Gasteiger partial charge in [-0.3, -0.25) is 0 Å². The van der Waals surface area contributed by atoms with Crippen molar-refractivity contribution in [3.8, 4) is 11.5 Å². The van der Waals surface area contributed by atoms with Gasteiger partial charge in [0.05, 0.1) is 13.7 Å². The number of aliphatic hydroxyl groups is 1. The first kappa shape index (κ1) is 14.1. The minimum absolute atomic E-state index is 0.271. The van der Waals surface area contributed by atoms with Crippen LogP contribution in [0.25, 0.3) is 0 Å². The lowest BCUT2D eigenvalue weighted by molar-refractivity contribution is 0.102. The zero-order valence-corrected chi connectivity index (χ0v) is 11.2. The molecule has 19 heavy (non-hydrogen) atoms. The smallest absolute Gasteiger partial charge is 0.119 e. The molecular formula is C14H21NO4. The van der Waals surface area contributed by atoms with Gasteiger partial charge >= 0.3 is 0 Å². The topological polar surface area (TPSA) is 60.0 Å². The maximum Gasteiger partial charge on any atom is 0.119 e. The van der Waals surface area contributed by atoms with Crippen LogP contribution in [0.5, 0.6) is 11.5 Å². The Morgan fingerprint density at radius 3 is 2.74 bits per heavy atom. The number of benzene rings is 1. The van der Waals surface area contributed by atoms with Gasteiger partial charge in [-0.05, 0) is 30.7 Å². The van der Waals surface area contributed by atoms with E-state index in [4.69, 9.17) is 14.2 Å². The second-order valence-corrected chi connectivity index (χ2v) is 4.61. The Morgan fingerprint density at radius 2 is 2.11 bits per heavy atom. The highest BCUT2D eigenvalue weighted by atomic mass is 16.5. The molecule has 1 aliphatic heterocycles. The second kappa shape index (κ2) is 7.33. The molecule has 0 aromatic heterocycles. The molecule has 0 bridgehead atoms. The molecule has 5 nitrogen and oxygen atoms in total. The van der Waals surface area contributed by atoms with Gasteiger partial charge in [0.15, 0.2) is 0 Å². The highest BCUT2D eigenvalue weighted by molar-refractivity contribution is 5.31. The summed E-state index contributed by atoms with van der Waals surface area (Å²) in [7, 11) is 1.62. The third kappa shape index (κ3) is 4.70. The fraction of sp³-hybridized carbons (Fsp3) is 0.571. The van der Waals surface area contributed by atoms with Crippen LogP contribution < -0.4 is 14.8 Å². The first-order chi connectivity index (χ1) is 9.28. The number of methoxy groups -OCH3 is 1. The Hall–Kier alpha value is -1.30. The number of nitrogens with one attached hydrogen (secondary N) is 1. The standard InChI is InChI=1S/C14H21NO4/c1-17-13-2-4-14(5-3-13)19-10-12(16)8-15-11-6-7-18-9-11/h2-5,11-12,15-16H,6-10H2,1H3. The number of rotatable bonds is 7. The fourth-order valence-electron chi connectivity index (χ4n) is 1.92. The molecule has 2 N–H and O–H groups in total. The molecule has 2 rings (SSSR count). The van der Waals surface area contributed by atoms with Crippen molar-refractivity contribution in [3.63, 3.8) is 0 Å². The van der Waals surface area contributed by atoms with E-state index >= 15 is 0 Å². The van der Waals surface area contributed by atoms with Crippen LogP contribution in [0, 0.1) is 0 Å². The Bertz CT molecular complexity index is 362. The van der Waals surface area contributed by atoms with Gasteiger partial charge in [-0.1, -0.05) is 0 Å². The molecule has 1 fully saturated rings. The van der Waals surface area contributed by atoms with Gasteiger partial charge in [-0.15, -0.1) is 0 Å². The van der Waals surface area contributed by atoms with Crippen LogP contribution in [0.15, 0.2) is 24.3 Å². The zero-order valence-electron chi connectivity index (χ0n) is 11.2. The molecule has 0 spiro atoms. The van der Waals surface area contributed by atoms with Crippen LogP contribution in [0.3, 0.4) is 0 Å².